The van der Waals surface area contributed by atoms with E-state index in [4.69, 9.17) is 14.2 Å². The van der Waals surface area contributed by atoms with E-state index in [0.717, 1.165) is 36.4 Å². The zero-order chi connectivity index (χ0) is 14.9. The van der Waals surface area contributed by atoms with E-state index in [2.05, 4.69) is 23.1 Å². The van der Waals surface area contributed by atoms with Crippen LogP contribution in [0, 0.1) is 0 Å². The van der Waals surface area contributed by atoms with Crippen molar-refractivity contribution in [2.24, 2.45) is 0 Å². The van der Waals surface area contributed by atoms with E-state index in [-0.39, 0.29) is 24.4 Å². The van der Waals surface area contributed by atoms with Crippen molar-refractivity contribution in [3.05, 3.63) is 35.4 Å². The lowest BCUT2D eigenvalue weighted by molar-refractivity contribution is -0.0399. The second kappa shape index (κ2) is 4.25. The van der Waals surface area contributed by atoms with Crippen molar-refractivity contribution in [3.63, 3.8) is 0 Å². The number of benzene rings is 1. The van der Waals surface area contributed by atoms with Crippen molar-refractivity contribution < 1.29 is 19.3 Å². The molecule has 0 amide bonds. The molecular formula is C17H19NO4. The predicted molar refractivity (Wildman–Crippen MR) is 78.9 cm³/mol. The van der Waals surface area contributed by atoms with Gasteiger partial charge in [-0.05, 0) is 30.5 Å². The number of aliphatic hydroxyl groups excluding tert-OH is 1. The summed E-state index contributed by atoms with van der Waals surface area (Å²) >= 11 is 0. The third kappa shape index (κ3) is 1.44. The van der Waals surface area contributed by atoms with Crippen LogP contribution in [0.1, 0.15) is 30.2 Å². The molecule has 5 nitrogen and oxygen atoms in total. The zero-order valence-corrected chi connectivity index (χ0v) is 12.5. The van der Waals surface area contributed by atoms with E-state index in [0.29, 0.717) is 0 Å². The summed E-state index contributed by atoms with van der Waals surface area (Å²) in [6.07, 6.45) is 5.95. The summed E-state index contributed by atoms with van der Waals surface area (Å²) in [5.74, 6) is 1.53. The zero-order valence-electron chi connectivity index (χ0n) is 12.5. The first-order valence-electron chi connectivity index (χ1n) is 7.83. The van der Waals surface area contributed by atoms with Gasteiger partial charge in [-0.3, -0.25) is 4.90 Å². The first-order valence-corrected chi connectivity index (χ1v) is 7.83. The van der Waals surface area contributed by atoms with Gasteiger partial charge in [-0.2, -0.15) is 0 Å². The topological polar surface area (TPSA) is 51.2 Å². The van der Waals surface area contributed by atoms with Crippen LogP contribution < -0.4 is 9.47 Å². The van der Waals surface area contributed by atoms with Crippen LogP contribution in [-0.2, 0) is 10.2 Å². The standard InChI is InChI=1S/C17H19NO4/c1-20-10-2-3-17-4-5-18(15(17)6-10)16(19)11-7-13-14(8-12(11)17)22-9-21-13/h2-3,7-8,10,15-16,19H,4-6,9H2,1H3/t10-,15+,16-,17+/m1/s1. The van der Waals surface area contributed by atoms with Crippen LogP contribution in [0.4, 0.5) is 0 Å². The number of rotatable bonds is 1. The number of ether oxygens (including phenoxy) is 3. The summed E-state index contributed by atoms with van der Waals surface area (Å²) in [7, 11) is 1.75. The van der Waals surface area contributed by atoms with E-state index in [1.807, 2.05) is 6.07 Å². The second-order valence-corrected chi connectivity index (χ2v) is 6.58. The number of aliphatic hydroxyl groups is 1. The van der Waals surface area contributed by atoms with Gasteiger partial charge in [0.05, 0.1) is 6.10 Å². The Morgan fingerprint density at radius 3 is 2.95 bits per heavy atom. The molecule has 0 saturated carbocycles. The molecule has 1 fully saturated rings. The lowest BCUT2D eigenvalue weighted by Crippen LogP contribution is -2.51. The normalized spacial score (nSPS) is 40.5. The molecule has 1 aromatic carbocycles. The fraction of sp³-hybridized carbons (Fsp3) is 0.529. The monoisotopic (exact) mass is 301 g/mol. The van der Waals surface area contributed by atoms with Gasteiger partial charge < -0.3 is 19.3 Å². The SMILES string of the molecule is CO[C@@H]1C=C[C@]23CCN([C@H](O)c4cc5c(cc42)OCO5)[C@H]3C1. The third-order valence-electron chi connectivity index (χ3n) is 5.78. The lowest BCUT2D eigenvalue weighted by Gasteiger charge is -2.47. The van der Waals surface area contributed by atoms with E-state index in [1.54, 1.807) is 7.11 Å². The van der Waals surface area contributed by atoms with E-state index in [1.165, 1.54) is 5.56 Å². The highest BCUT2D eigenvalue weighted by atomic mass is 16.7. The summed E-state index contributed by atoms with van der Waals surface area (Å²) in [4.78, 5) is 2.21. The van der Waals surface area contributed by atoms with Gasteiger partial charge in [0.15, 0.2) is 11.5 Å². The molecule has 3 heterocycles. The highest BCUT2D eigenvalue weighted by molar-refractivity contribution is 5.56. The van der Waals surface area contributed by atoms with Crippen molar-refractivity contribution in [2.75, 3.05) is 20.4 Å². The average molecular weight is 301 g/mol. The maximum absolute atomic E-state index is 10.8. The first-order chi connectivity index (χ1) is 10.7. The molecule has 5 rings (SSSR count). The molecule has 1 aromatic rings. The molecule has 4 aliphatic rings. The number of fused-ring (bicyclic) bond motifs is 2. The average Bonchev–Trinajstić information content (AvgIpc) is 3.13. The van der Waals surface area contributed by atoms with Gasteiger partial charge in [0.2, 0.25) is 6.79 Å². The Balaban J connectivity index is 1.72. The molecule has 2 bridgehead atoms. The van der Waals surface area contributed by atoms with E-state index < -0.39 is 6.23 Å². The molecule has 5 atom stereocenters. The first kappa shape index (κ1) is 12.9. The van der Waals surface area contributed by atoms with Gasteiger partial charge in [0.25, 0.3) is 0 Å². The van der Waals surface area contributed by atoms with E-state index >= 15 is 0 Å². The maximum atomic E-state index is 10.8. The minimum atomic E-state index is -0.575. The van der Waals surface area contributed by atoms with Crippen LogP contribution in [0.15, 0.2) is 24.3 Å². The second-order valence-electron chi connectivity index (χ2n) is 6.58. The maximum Gasteiger partial charge on any atom is 0.231 e. The summed E-state index contributed by atoms with van der Waals surface area (Å²) < 4.78 is 16.6. The molecule has 5 heteroatoms. The molecule has 22 heavy (non-hydrogen) atoms. The van der Waals surface area contributed by atoms with Crippen molar-refractivity contribution in [2.45, 2.75) is 36.6 Å². The Morgan fingerprint density at radius 1 is 1.32 bits per heavy atom. The Labute approximate surface area is 129 Å². The smallest absolute Gasteiger partial charge is 0.231 e. The molecule has 1 N–H and O–H groups in total. The highest BCUT2D eigenvalue weighted by Crippen LogP contribution is 2.56. The minimum absolute atomic E-state index is 0.0371. The van der Waals surface area contributed by atoms with Gasteiger partial charge >= 0.3 is 0 Å². The van der Waals surface area contributed by atoms with Gasteiger partial charge in [-0.25, -0.2) is 0 Å². The highest BCUT2D eigenvalue weighted by Gasteiger charge is 2.56. The molecule has 1 aliphatic carbocycles. The number of hydrogen-bond acceptors (Lipinski definition) is 5. The van der Waals surface area contributed by atoms with Crippen LogP contribution in [0.3, 0.4) is 0 Å². The van der Waals surface area contributed by atoms with Crippen LogP contribution >= 0.6 is 0 Å². The van der Waals surface area contributed by atoms with Crippen molar-refractivity contribution in [1.29, 1.82) is 0 Å². The van der Waals surface area contributed by atoms with Crippen molar-refractivity contribution in [1.82, 2.24) is 4.90 Å². The quantitative estimate of drug-likeness (QED) is 0.800. The van der Waals surface area contributed by atoms with Crippen LogP contribution in [0.2, 0.25) is 0 Å². The molecule has 1 saturated heterocycles. The van der Waals surface area contributed by atoms with Crippen LogP contribution in [0.25, 0.3) is 0 Å². The molecule has 3 aliphatic heterocycles. The van der Waals surface area contributed by atoms with Gasteiger partial charge in [-0.1, -0.05) is 12.2 Å². The largest absolute Gasteiger partial charge is 0.454 e. The molecule has 0 spiro atoms. The Hall–Kier alpha value is -1.56. The van der Waals surface area contributed by atoms with Crippen LogP contribution in [0.5, 0.6) is 11.5 Å². The van der Waals surface area contributed by atoms with E-state index in [9.17, 15) is 5.11 Å². The number of methoxy groups -OCH3 is 1. The molecule has 0 aromatic heterocycles. The summed E-state index contributed by atoms with van der Waals surface area (Å²) in [6.45, 7) is 1.16. The number of hydrogen-bond donors (Lipinski definition) is 1. The molecular weight excluding hydrogens is 282 g/mol. The summed E-state index contributed by atoms with van der Waals surface area (Å²) in [5, 5.41) is 10.8. The Kier molecular flexibility index (Phi) is 2.50. The summed E-state index contributed by atoms with van der Waals surface area (Å²) in [5.41, 5.74) is 2.11. The van der Waals surface area contributed by atoms with Crippen molar-refractivity contribution >= 4 is 0 Å². The van der Waals surface area contributed by atoms with Crippen LogP contribution in [-0.4, -0.2) is 42.6 Å². The third-order valence-corrected chi connectivity index (χ3v) is 5.78. The minimum Gasteiger partial charge on any atom is -0.454 e. The molecule has 116 valence electrons. The predicted octanol–water partition coefficient (Wildman–Crippen LogP) is 1.71. The molecule has 1 unspecified atom stereocenters. The van der Waals surface area contributed by atoms with Gasteiger partial charge in [0.1, 0.15) is 6.23 Å². The fourth-order valence-electron chi connectivity index (χ4n) is 4.67. The Bertz CT molecular complexity index is 673. The van der Waals surface area contributed by atoms with Gasteiger partial charge in [0, 0.05) is 30.7 Å². The van der Waals surface area contributed by atoms with Crippen molar-refractivity contribution in [3.8, 4) is 11.5 Å². The molecule has 0 radical (unpaired) electrons. The Morgan fingerprint density at radius 2 is 2.14 bits per heavy atom. The number of nitrogens with zero attached hydrogens (tertiary/aromatic N) is 1. The fourth-order valence-corrected chi connectivity index (χ4v) is 4.67. The lowest BCUT2D eigenvalue weighted by atomic mass is 9.66. The van der Waals surface area contributed by atoms with Gasteiger partial charge in [-0.15, -0.1) is 0 Å². The summed E-state index contributed by atoms with van der Waals surface area (Å²) in [6, 6.07) is 4.31.